The maximum atomic E-state index is 8.61. The predicted molar refractivity (Wildman–Crippen MR) is 43.2 cm³/mol. The Hall–Kier alpha value is -0.830. The molecule has 1 aromatic heterocycles. The highest BCUT2D eigenvalue weighted by molar-refractivity contribution is 5.18. The molecule has 0 saturated carbocycles. The summed E-state index contributed by atoms with van der Waals surface area (Å²) in [5.41, 5.74) is 1.57. The maximum absolute atomic E-state index is 8.61. The van der Waals surface area contributed by atoms with Gasteiger partial charge in [-0.05, 0) is 13.8 Å². The van der Waals surface area contributed by atoms with E-state index in [2.05, 4.69) is 5.16 Å². The molecule has 0 aromatic carbocycles. The smallest absolute Gasteiger partial charge is 0.136 e. The van der Waals surface area contributed by atoms with Crippen LogP contribution in [0.5, 0.6) is 0 Å². The minimum Gasteiger partial charge on any atom is -0.390 e. The fourth-order valence-electron chi connectivity index (χ4n) is 0.611. The second-order valence-electron chi connectivity index (χ2n) is 1.97. The SMILES string of the molecule is CC.Cc1onc(CO)c1C. The van der Waals surface area contributed by atoms with Crippen molar-refractivity contribution in [3.8, 4) is 0 Å². The maximum Gasteiger partial charge on any atom is 0.136 e. The Morgan fingerprint density at radius 3 is 2.09 bits per heavy atom. The number of aliphatic hydroxyl groups is 1. The van der Waals surface area contributed by atoms with Crippen molar-refractivity contribution in [1.29, 1.82) is 0 Å². The fraction of sp³-hybridized carbons (Fsp3) is 0.625. The molecule has 0 saturated heterocycles. The van der Waals surface area contributed by atoms with Gasteiger partial charge in [0, 0.05) is 5.56 Å². The Balaban J connectivity index is 0.000000461. The topological polar surface area (TPSA) is 46.3 Å². The van der Waals surface area contributed by atoms with Gasteiger partial charge in [-0.1, -0.05) is 19.0 Å². The molecule has 1 heterocycles. The molecule has 1 rings (SSSR count). The molecule has 3 heteroatoms. The van der Waals surface area contributed by atoms with Crippen molar-refractivity contribution in [2.24, 2.45) is 0 Å². The van der Waals surface area contributed by atoms with Crippen molar-refractivity contribution in [2.45, 2.75) is 34.3 Å². The number of aromatic nitrogens is 1. The Bertz CT molecular complexity index is 206. The molecule has 1 N–H and O–H groups in total. The van der Waals surface area contributed by atoms with Gasteiger partial charge in [0.2, 0.25) is 0 Å². The van der Waals surface area contributed by atoms with E-state index >= 15 is 0 Å². The monoisotopic (exact) mass is 157 g/mol. The molecule has 0 aliphatic heterocycles. The van der Waals surface area contributed by atoms with Crippen LogP contribution in [0.25, 0.3) is 0 Å². The van der Waals surface area contributed by atoms with E-state index in [1.54, 1.807) is 0 Å². The number of aliphatic hydroxyl groups excluding tert-OH is 1. The molecular formula is C8H15NO2. The number of hydrogen-bond acceptors (Lipinski definition) is 3. The van der Waals surface area contributed by atoms with Crippen molar-refractivity contribution in [3.63, 3.8) is 0 Å². The highest BCUT2D eigenvalue weighted by Crippen LogP contribution is 2.09. The van der Waals surface area contributed by atoms with E-state index in [-0.39, 0.29) is 6.61 Å². The lowest BCUT2D eigenvalue weighted by Gasteiger charge is -1.85. The second-order valence-corrected chi connectivity index (χ2v) is 1.97. The number of hydrogen-bond donors (Lipinski definition) is 1. The summed E-state index contributed by atoms with van der Waals surface area (Å²) in [5, 5.41) is 12.2. The van der Waals surface area contributed by atoms with Crippen LogP contribution in [0.4, 0.5) is 0 Å². The van der Waals surface area contributed by atoms with Gasteiger partial charge >= 0.3 is 0 Å². The highest BCUT2D eigenvalue weighted by atomic mass is 16.5. The molecular weight excluding hydrogens is 142 g/mol. The zero-order valence-electron chi connectivity index (χ0n) is 7.51. The summed E-state index contributed by atoms with van der Waals surface area (Å²) in [7, 11) is 0. The lowest BCUT2D eigenvalue weighted by Crippen LogP contribution is -1.84. The molecule has 0 amide bonds. The largest absolute Gasteiger partial charge is 0.390 e. The number of rotatable bonds is 1. The molecule has 0 spiro atoms. The average molecular weight is 157 g/mol. The quantitative estimate of drug-likeness (QED) is 0.676. The van der Waals surface area contributed by atoms with Gasteiger partial charge in [0.1, 0.15) is 11.5 Å². The summed E-state index contributed by atoms with van der Waals surface area (Å²) >= 11 is 0. The van der Waals surface area contributed by atoms with E-state index in [0.717, 1.165) is 11.3 Å². The first kappa shape index (κ1) is 10.2. The van der Waals surface area contributed by atoms with Crippen molar-refractivity contribution in [1.82, 2.24) is 5.16 Å². The minimum atomic E-state index is -0.0385. The second kappa shape index (κ2) is 4.91. The Kier molecular flexibility index (Phi) is 4.54. The number of nitrogens with zero attached hydrogens (tertiary/aromatic N) is 1. The Labute approximate surface area is 67.0 Å². The third kappa shape index (κ3) is 2.35. The van der Waals surface area contributed by atoms with Gasteiger partial charge in [-0.2, -0.15) is 0 Å². The summed E-state index contributed by atoms with van der Waals surface area (Å²) in [6, 6.07) is 0. The summed E-state index contributed by atoms with van der Waals surface area (Å²) in [5.74, 6) is 0.777. The van der Waals surface area contributed by atoms with Gasteiger partial charge < -0.3 is 9.63 Å². The zero-order valence-corrected chi connectivity index (χ0v) is 7.51. The molecule has 0 radical (unpaired) electrons. The third-order valence-corrected chi connectivity index (χ3v) is 1.40. The molecule has 0 fully saturated rings. The van der Waals surface area contributed by atoms with E-state index in [1.165, 1.54) is 0 Å². The summed E-state index contributed by atoms with van der Waals surface area (Å²) < 4.78 is 4.78. The molecule has 0 bridgehead atoms. The average Bonchev–Trinajstić information content (AvgIpc) is 2.37. The Morgan fingerprint density at radius 2 is 1.91 bits per heavy atom. The zero-order chi connectivity index (χ0) is 8.85. The first-order chi connectivity index (χ1) is 5.25. The molecule has 0 atom stereocenters. The lowest BCUT2D eigenvalue weighted by atomic mass is 10.2. The van der Waals surface area contributed by atoms with Gasteiger partial charge in [0.15, 0.2) is 0 Å². The normalized spacial score (nSPS) is 8.82. The fourth-order valence-corrected chi connectivity index (χ4v) is 0.611. The van der Waals surface area contributed by atoms with Crippen LogP contribution in [0.15, 0.2) is 4.52 Å². The van der Waals surface area contributed by atoms with Crippen molar-refractivity contribution >= 4 is 0 Å². The van der Waals surface area contributed by atoms with Gasteiger partial charge in [0.25, 0.3) is 0 Å². The van der Waals surface area contributed by atoms with Crippen molar-refractivity contribution in [2.75, 3.05) is 0 Å². The van der Waals surface area contributed by atoms with E-state index in [9.17, 15) is 0 Å². The van der Waals surface area contributed by atoms with Crippen LogP contribution in [0.1, 0.15) is 30.9 Å². The van der Waals surface area contributed by atoms with Crippen LogP contribution in [-0.4, -0.2) is 10.3 Å². The van der Waals surface area contributed by atoms with E-state index < -0.39 is 0 Å². The molecule has 64 valence electrons. The molecule has 3 nitrogen and oxygen atoms in total. The first-order valence-corrected chi connectivity index (χ1v) is 3.78. The first-order valence-electron chi connectivity index (χ1n) is 3.78. The van der Waals surface area contributed by atoms with Gasteiger partial charge in [-0.15, -0.1) is 0 Å². The minimum absolute atomic E-state index is 0.0385. The van der Waals surface area contributed by atoms with E-state index in [0.29, 0.717) is 5.69 Å². The standard InChI is InChI=1S/C6H9NO2.C2H6/c1-4-5(2)9-7-6(4)3-8;1-2/h8H,3H2,1-2H3;1-2H3. The van der Waals surface area contributed by atoms with Crippen LogP contribution in [0, 0.1) is 13.8 Å². The predicted octanol–water partition coefficient (Wildman–Crippen LogP) is 1.81. The van der Waals surface area contributed by atoms with E-state index in [1.807, 2.05) is 27.7 Å². The van der Waals surface area contributed by atoms with Gasteiger partial charge in [0.05, 0.1) is 6.61 Å². The summed E-state index contributed by atoms with van der Waals surface area (Å²) in [6.45, 7) is 7.65. The van der Waals surface area contributed by atoms with Gasteiger partial charge in [-0.3, -0.25) is 0 Å². The molecule has 0 unspecified atom stereocenters. The van der Waals surface area contributed by atoms with Crippen molar-refractivity contribution < 1.29 is 9.63 Å². The summed E-state index contributed by atoms with van der Waals surface area (Å²) in [4.78, 5) is 0. The third-order valence-electron chi connectivity index (χ3n) is 1.40. The highest BCUT2D eigenvalue weighted by Gasteiger charge is 2.04. The molecule has 0 aliphatic rings. The van der Waals surface area contributed by atoms with E-state index in [4.69, 9.17) is 9.63 Å². The van der Waals surface area contributed by atoms with Crippen molar-refractivity contribution in [3.05, 3.63) is 17.0 Å². The van der Waals surface area contributed by atoms with Crippen LogP contribution in [-0.2, 0) is 6.61 Å². The Morgan fingerprint density at radius 1 is 1.36 bits per heavy atom. The van der Waals surface area contributed by atoms with Gasteiger partial charge in [-0.25, -0.2) is 0 Å². The summed E-state index contributed by atoms with van der Waals surface area (Å²) in [6.07, 6.45) is 0. The molecule has 11 heavy (non-hydrogen) atoms. The van der Waals surface area contributed by atoms with Crippen LogP contribution in [0.2, 0.25) is 0 Å². The lowest BCUT2D eigenvalue weighted by molar-refractivity contribution is 0.265. The van der Waals surface area contributed by atoms with Crippen LogP contribution in [0.3, 0.4) is 0 Å². The van der Waals surface area contributed by atoms with Crippen LogP contribution >= 0.6 is 0 Å². The number of aryl methyl sites for hydroxylation is 1. The molecule has 1 aromatic rings. The molecule has 0 aliphatic carbocycles. The van der Waals surface area contributed by atoms with Crippen LogP contribution < -0.4 is 0 Å².